The second kappa shape index (κ2) is 5.66. The Morgan fingerprint density at radius 3 is 2.67 bits per heavy atom. The van der Waals surface area contributed by atoms with Gasteiger partial charge in [-0.1, -0.05) is 6.92 Å². The number of likely N-dealkylation sites (tertiary alicyclic amines) is 1. The van der Waals surface area contributed by atoms with Crippen LogP contribution < -0.4 is 5.32 Å². The molecule has 1 aliphatic rings. The van der Waals surface area contributed by atoms with Gasteiger partial charge in [0, 0.05) is 37.9 Å². The molecule has 1 saturated heterocycles. The van der Waals surface area contributed by atoms with Crippen molar-refractivity contribution in [3.63, 3.8) is 0 Å². The molecule has 0 bridgehead atoms. The van der Waals surface area contributed by atoms with Crippen molar-refractivity contribution in [2.24, 2.45) is 0 Å². The molecule has 1 aromatic heterocycles. The van der Waals surface area contributed by atoms with Gasteiger partial charge in [0.25, 0.3) is 0 Å². The van der Waals surface area contributed by atoms with E-state index >= 15 is 0 Å². The fourth-order valence-corrected chi connectivity index (χ4v) is 2.08. The van der Waals surface area contributed by atoms with E-state index in [0.29, 0.717) is 19.5 Å². The van der Waals surface area contributed by atoms with Gasteiger partial charge >= 0.3 is 6.03 Å². The molecular weight excluding hydrogens is 232 g/mol. The molecule has 1 fully saturated rings. The molecular formula is C12H18N4O2. The zero-order valence-electron chi connectivity index (χ0n) is 10.5. The van der Waals surface area contributed by atoms with Crippen LogP contribution in [0, 0.1) is 0 Å². The predicted molar refractivity (Wildman–Crippen MR) is 66.0 cm³/mol. The van der Waals surface area contributed by atoms with Gasteiger partial charge in [-0.25, -0.2) is 9.78 Å². The van der Waals surface area contributed by atoms with Crippen molar-refractivity contribution in [1.29, 1.82) is 0 Å². The number of amides is 2. The third-order valence-electron chi connectivity index (χ3n) is 3.18. The summed E-state index contributed by atoms with van der Waals surface area (Å²) in [6.07, 6.45) is 6.87. The highest BCUT2D eigenvalue weighted by molar-refractivity contribution is 5.77. The average Bonchev–Trinajstić information content (AvgIpc) is 2.92. The van der Waals surface area contributed by atoms with Crippen molar-refractivity contribution in [3.05, 3.63) is 18.7 Å². The van der Waals surface area contributed by atoms with Crippen LogP contribution in [0.25, 0.3) is 0 Å². The van der Waals surface area contributed by atoms with Crippen LogP contribution in [0.1, 0.15) is 26.2 Å². The van der Waals surface area contributed by atoms with Gasteiger partial charge in [0.05, 0.1) is 0 Å². The summed E-state index contributed by atoms with van der Waals surface area (Å²) in [4.78, 5) is 28.9. The highest BCUT2D eigenvalue weighted by Gasteiger charge is 2.24. The molecule has 0 spiro atoms. The first kappa shape index (κ1) is 12.6. The van der Waals surface area contributed by atoms with E-state index in [0.717, 1.165) is 12.8 Å². The predicted octanol–water partition coefficient (Wildman–Crippen LogP) is 0.842. The Labute approximate surface area is 106 Å². The number of nitrogens with zero attached hydrogens (tertiary/aromatic N) is 3. The van der Waals surface area contributed by atoms with Crippen molar-refractivity contribution in [3.8, 4) is 0 Å². The zero-order chi connectivity index (χ0) is 13.0. The van der Waals surface area contributed by atoms with Crippen molar-refractivity contribution in [2.45, 2.75) is 32.2 Å². The van der Waals surface area contributed by atoms with Gasteiger partial charge in [-0.05, 0) is 12.8 Å². The van der Waals surface area contributed by atoms with E-state index in [9.17, 15) is 9.59 Å². The van der Waals surface area contributed by atoms with E-state index in [1.54, 1.807) is 17.3 Å². The minimum Gasteiger partial charge on any atom is -0.353 e. The van der Waals surface area contributed by atoms with E-state index < -0.39 is 0 Å². The van der Waals surface area contributed by atoms with Crippen molar-refractivity contribution < 1.29 is 9.59 Å². The monoisotopic (exact) mass is 250 g/mol. The van der Waals surface area contributed by atoms with Gasteiger partial charge in [-0.15, -0.1) is 0 Å². The summed E-state index contributed by atoms with van der Waals surface area (Å²) in [6.45, 7) is 3.18. The minimum atomic E-state index is -0.0484. The molecule has 0 unspecified atom stereocenters. The SMILES string of the molecule is CCC(=O)NC1CCN(C(=O)n2ccnc2)CC1. The Hall–Kier alpha value is -1.85. The summed E-state index contributed by atoms with van der Waals surface area (Å²) in [5, 5.41) is 2.97. The molecule has 2 amide bonds. The van der Waals surface area contributed by atoms with Gasteiger partial charge in [0.15, 0.2) is 0 Å². The normalized spacial score (nSPS) is 16.6. The molecule has 1 N–H and O–H groups in total. The summed E-state index contributed by atoms with van der Waals surface area (Å²) in [7, 11) is 0. The molecule has 1 aliphatic heterocycles. The first-order valence-corrected chi connectivity index (χ1v) is 6.27. The first-order chi connectivity index (χ1) is 8.70. The van der Waals surface area contributed by atoms with Crippen molar-refractivity contribution in [2.75, 3.05) is 13.1 Å². The molecule has 6 heteroatoms. The van der Waals surface area contributed by atoms with Crippen LogP contribution in [0.3, 0.4) is 0 Å². The van der Waals surface area contributed by atoms with Crippen LogP contribution in [0.2, 0.25) is 0 Å². The maximum Gasteiger partial charge on any atom is 0.329 e. The van der Waals surface area contributed by atoms with E-state index in [-0.39, 0.29) is 18.0 Å². The third-order valence-corrected chi connectivity index (χ3v) is 3.18. The molecule has 0 radical (unpaired) electrons. The van der Waals surface area contributed by atoms with Crippen molar-refractivity contribution >= 4 is 11.9 Å². The summed E-state index contributed by atoms with van der Waals surface area (Å²) in [6, 6.07) is 0.150. The maximum absolute atomic E-state index is 12.0. The van der Waals surface area contributed by atoms with E-state index in [4.69, 9.17) is 0 Å². The Balaban J connectivity index is 1.83. The van der Waals surface area contributed by atoms with Crippen LogP contribution in [0.15, 0.2) is 18.7 Å². The maximum atomic E-state index is 12.0. The lowest BCUT2D eigenvalue weighted by molar-refractivity contribution is -0.121. The first-order valence-electron chi connectivity index (χ1n) is 6.27. The summed E-state index contributed by atoms with van der Waals surface area (Å²) in [5.41, 5.74) is 0. The second-order valence-electron chi connectivity index (χ2n) is 4.43. The average molecular weight is 250 g/mol. The molecule has 2 heterocycles. The quantitative estimate of drug-likeness (QED) is 0.845. The lowest BCUT2D eigenvalue weighted by Gasteiger charge is -2.32. The number of imidazole rings is 1. The molecule has 6 nitrogen and oxygen atoms in total. The molecule has 18 heavy (non-hydrogen) atoms. The molecule has 1 aromatic rings. The van der Waals surface area contributed by atoms with Gasteiger partial charge in [-0.3, -0.25) is 9.36 Å². The number of aromatic nitrogens is 2. The topological polar surface area (TPSA) is 67.2 Å². The second-order valence-corrected chi connectivity index (χ2v) is 4.43. The number of hydrogen-bond acceptors (Lipinski definition) is 3. The highest BCUT2D eigenvalue weighted by Crippen LogP contribution is 2.11. The fraction of sp³-hybridized carbons (Fsp3) is 0.583. The summed E-state index contributed by atoms with van der Waals surface area (Å²) in [5.74, 6) is 0.0781. The standard InChI is InChI=1S/C12H18N4O2/c1-2-11(17)14-10-3-6-15(7-4-10)12(18)16-8-5-13-9-16/h5,8-10H,2-4,6-7H2,1H3,(H,14,17). The lowest BCUT2D eigenvalue weighted by atomic mass is 10.1. The molecule has 0 aromatic carbocycles. The van der Waals surface area contributed by atoms with Crippen LogP contribution >= 0.6 is 0 Å². The largest absolute Gasteiger partial charge is 0.353 e. The highest BCUT2D eigenvalue weighted by atomic mass is 16.2. The molecule has 98 valence electrons. The van der Waals surface area contributed by atoms with Crippen molar-refractivity contribution in [1.82, 2.24) is 19.8 Å². The smallest absolute Gasteiger partial charge is 0.329 e. The van der Waals surface area contributed by atoms with Gasteiger partial charge in [0.2, 0.25) is 5.91 Å². The van der Waals surface area contributed by atoms with Crippen LogP contribution in [-0.2, 0) is 4.79 Å². The van der Waals surface area contributed by atoms with E-state index in [1.807, 2.05) is 6.92 Å². The number of piperidine rings is 1. The van der Waals surface area contributed by atoms with Gasteiger partial charge in [-0.2, -0.15) is 0 Å². The number of hydrogen-bond donors (Lipinski definition) is 1. The molecule has 0 saturated carbocycles. The lowest BCUT2D eigenvalue weighted by Crippen LogP contribution is -2.47. The number of nitrogens with one attached hydrogen (secondary N) is 1. The van der Waals surface area contributed by atoms with Gasteiger partial charge in [0.1, 0.15) is 6.33 Å². The Kier molecular flexibility index (Phi) is 3.96. The number of rotatable bonds is 2. The third kappa shape index (κ3) is 2.88. The fourth-order valence-electron chi connectivity index (χ4n) is 2.08. The zero-order valence-corrected chi connectivity index (χ0v) is 10.5. The molecule has 0 atom stereocenters. The summed E-state index contributed by atoms with van der Waals surface area (Å²) >= 11 is 0. The Bertz CT molecular complexity index is 408. The molecule has 0 aliphatic carbocycles. The number of carbonyl (C=O) groups is 2. The van der Waals surface area contributed by atoms with Crippen LogP contribution in [0.4, 0.5) is 4.79 Å². The van der Waals surface area contributed by atoms with Crippen LogP contribution in [-0.4, -0.2) is 45.5 Å². The Morgan fingerprint density at radius 1 is 1.39 bits per heavy atom. The van der Waals surface area contributed by atoms with E-state index in [2.05, 4.69) is 10.3 Å². The van der Waals surface area contributed by atoms with Gasteiger partial charge < -0.3 is 10.2 Å². The van der Waals surface area contributed by atoms with Crippen LogP contribution in [0.5, 0.6) is 0 Å². The number of carbonyl (C=O) groups excluding carboxylic acids is 2. The Morgan fingerprint density at radius 2 is 2.11 bits per heavy atom. The minimum absolute atomic E-state index is 0.0484. The van der Waals surface area contributed by atoms with E-state index in [1.165, 1.54) is 10.9 Å². The molecule has 2 rings (SSSR count). The summed E-state index contributed by atoms with van der Waals surface area (Å²) < 4.78 is 1.48.